The van der Waals surface area contributed by atoms with Crippen LogP contribution < -0.4 is 10.5 Å². The average Bonchev–Trinajstić information content (AvgIpc) is 2.33. The standard InChI is InChI=1S/C12H12FN3OS/c1-7-3-4-8(5-9(7)13)17-11-6-10(14)15-12(16-11)18-2/h3-6H,1-2H3,(H2,14,15,16). The third kappa shape index (κ3) is 2.89. The normalized spacial score (nSPS) is 10.4. The predicted molar refractivity (Wildman–Crippen MR) is 69.4 cm³/mol. The Balaban J connectivity index is 2.27. The molecule has 6 heteroatoms. The first-order valence-electron chi connectivity index (χ1n) is 5.21. The SMILES string of the molecule is CSc1nc(N)cc(Oc2ccc(C)c(F)c2)n1. The number of halogens is 1. The summed E-state index contributed by atoms with van der Waals surface area (Å²) in [6.07, 6.45) is 1.84. The number of nitrogen functional groups attached to an aromatic ring is 1. The van der Waals surface area contributed by atoms with Crippen molar-refractivity contribution in [2.45, 2.75) is 12.1 Å². The maximum absolute atomic E-state index is 13.4. The van der Waals surface area contributed by atoms with E-state index in [9.17, 15) is 4.39 Å². The molecule has 0 fully saturated rings. The second-order valence-corrected chi connectivity index (χ2v) is 4.40. The Hall–Kier alpha value is -1.82. The molecule has 1 heterocycles. The van der Waals surface area contributed by atoms with Gasteiger partial charge in [0.25, 0.3) is 0 Å². The number of hydrogen-bond acceptors (Lipinski definition) is 5. The van der Waals surface area contributed by atoms with E-state index in [1.807, 2.05) is 6.26 Å². The number of anilines is 1. The molecule has 2 aromatic rings. The van der Waals surface area contributed by atoms with Gasteiger partial charge in [-0.05, 0) is 24.8 Å². The van der Waals surface area contributed by atoms with Crippen molar-refractivity contribution in [2.75, 3.05) is 12.0 Å². The molecule has 0 atom stereocenters. The maximum atomic E-state index is 13.4. The van der Waals surface area contributed by atoms with Gasteiger partial charge in [-0.3, -0.25) is 0 Å². The van der Waals surface area contributed by atoms with Crippen LogP contribution >= 0.6 is 11.8 Å². The number of nitrogens with two attached hydrogens (primary N) is 1. The maximum Gasteiger partial charge on any atom is 0.225 e. The Morgan fingerprint density at radius 3 is 2.72 bits per heavy atom. The summed E-state index contributed by atoms with van der Waals surface area (Å²) in [6.45, 7) is 1.69. The number of thioether (sulfide) groups is 1. The van der Waals surface area contributed by atoms with E-state index >= 15 is 0 Å². The lowest BCUT2D eigenvalue weighted by Gasteiger charge is -2.07. The van der Waals surface area contributed by atoms with Crippen LogP contribution in [-0.4, -0.2) is 16.2 Å². The Bertz CT molecular complexity index is 577. The van der Waals surface area contributed by atoms with Crippen LogP contribution in [0.5, 0.6) is 11.6 Å². The van der Waals surface area contributed by atoms with E-state index in [0.717, 1.165) is 0 Å². The molecule has 0 radical (unpaired) electrons. The van der Waals surface area contributed by atoms with E-state index in [1.165, 1.54) is 23.9 Å². The second-order valence-electron chi connectivity index (χ2n) is 3.63. The minimum Gasteiger partial charge on any atom is -0.439 e. The monoisotopic (exact) mass is 265 g/mol. The van der Waals surface area contributed by atoms with Crippen molar-refractivity contribution in [1.29, 1.82) is 0 Å². The van der Waals surface area contributed by atoms with Crippen LogP contribution in [-0.2, 0) is 0 Å². The van der Waals surface area contributed by atoms with Gasteiger partial charge in [0, 0.05) is 12.1 Å². The molecule has 0 unspecified atom stereocenters. The highest BCUT2D eigenvalue weighted by molar-refractivity contribution is 7.98. The highest BCUT2D eigenvalue weighted by atomic mass is 32.2. The van der Waals surface area contributed by atoms with Crippen LogP contribution in [0, 0.1) is 12.7 Å². The Morgan fingerprint density at radius 1 is 1.28 bits per heavy atom. The van der Waals surface area contributed by atoms with Crippen molar-refractivity contribution >= 4 is 17.6 Å². The fraction of sp³-hybridized carbons (Fsp3) is 0.167. The molecule has 4 nitrogen and oxygen atoms in total. The molecule has 2 rings (SSSR count). The van der Waals surface area contributed by atoms with Crippen molar-refractivity contribution in [3.63, 3.8) is 0 Å². The molecule has 0 saturated carbocycles. The van der Waals surface area contributed by atoms with Crippen LogP contribution in [0.15, 0.2) is 29.4 Å². The van der Waals surface area contributed by atoms with Gasteiger partial charge in [0.05, 0.1) is 0 Å². The summed E-state index contributed by atoms with van der Waals surface area (Å²) in [5, 5.41) is 0.512. The predicted octanol–water partition coefficient (Wildman–Crippen LogP) is 3.02. The second kappa shape index (κ2) is 5.22. The van der Waals surface area contributed by atoms with E-state index in [4.69, 9.17) is 10.5 Å². The molecule has 0 aliphatic carbocycles. The van der Waals surface area contributed by atoms with Gasteiger partial charge in [0.1, 0.15) is 17.4 Å². The third-order valence-electron chi connectivity index (χ3n) is 2.25. The first-order chi connectivity index (χ1) is 8.58. The minimum absolute atomic E-state index is 0.301. The molecule has 0 aliphatic heterocycles. The first-order valence-corrected chi connectivity index (χ1v) is 6.43. The summed E-state index contributed by atoms with van der Waals surface area (Å²) in [4.78, 5) is 8.13. The van der Waals surface area contributed by atoms with E-state index in [2.05, 4.69) is 9.97 Å². The summed E-state index contributed by atoms with van der Waals surface area (Å²) in [5.74, 6) is 0.676. The summed E-state index contributed by atoms with van der Waals surface area (Å²) in [6, 6.07) is 6.13. The fourth-order valence-corrected chi connectivity index (χ4v) is 1.70. The molecule has 94 valence electrons. The van der Waals surface area contributed by atoms with Crippen LogP contribution in [0.4, 0.5) is 10.2 Å². The Kier molecular flexibility index (Phi) is 3.66. The van der Waals surface area contributed by atoms with Crippen molar-refractivity contribution in [2.24, 2.45) is 0 Å². The summed E-state index contributed by atoms with van der Waals surface area (Å²) in [5.41, 5.74) is 6.19. The van der Waals surface area contributed by atoms with E-state index in [-0.39, 0.29) is 5.82 Å². The lowest BCUT2D eigenvalue weighted by molar-refractivity contribution is 0.451. The number of rotatable bonds is 3. The number of aryl methyl sites for hydroxylation is 1. The van der Waals surface area contributed by atoms with Gasteiger partial charge in [-0.2, -0.15) is 4.98 Å². The molecule has 0 bridgehead atoms. The largest absolute Gasteiger partial charge is 0.439 e. The fourth-order valence-electron chi connectivity index (χ4n) is 1.32. The molecule has 1 aromatic heterocycles. The van der Waals surface area contributed by atoms with Gasteiger partial charge in [0.15, 0.2) is 5.16 Å². The highest BCUT2D eigenvalue weighted by Gasteiger charge is 2.06. The molecular weight excluding hydrogens is 253 g/mol. The highest BCUT2D eigenvalue weighted by Crippen LogP contribution is 2.24. The van der Waals surface area contributed by atoms with Gasteiger partial charge < -0.3 is 10.5 Å². The van der Waals surface area contributed by atoms with Crippen molar-refractivity contribution in [3.8, 4) is 11.6 Å². The van der Waals surface area contributed by atoms with Crippen LogP contribution in [0.1, 0.15) is 5.56 Å². The zero-order valence-electron chi connectivity index (χ0n) is 9.98. The zero-order valence-corrected chi connectivity index (χ0v) is 10.8. The number of nitrogens with zero attached hydrogens (tertiary/aromatic N) is 2. The molecule has 2 N–H and O–H groups in total. The van der Waals surface area contributed by atoms with E-state index in [1.54, 1.807) is 19.1 Å². The molecular formula is C12H12FN3OS. The Labute approximate surface area is 108 Å². The lowest BCUT2D eigenvalue weighted by Crippen LogP contribution is -1.97. The lowest BCUT2D eigenvalue weighted by atomic mass is 10.2. The topological polar surface area (TPSA) is 61.0 Å². The van der Waals surface area contributed by atoms with Gasteiger partial charge in [-0.1, -0.05) is 17.8 Å². The third-order valence-corrected chi connectivity index (χ3v) is 2.80. The molecule has 0 aliphatic rings. The quantitative estimate of drug-likeness (QED) is 0.682. The van der Waals surface area contributed by atoms with Crippen LogP contribution in [0.25, 0.3) is 0 Å². The van der Waals surface area contributed by atoms with Crippen molar-refractivity contribution < 1.29 is 9.13 Å². The molecule has 0 saturated heterocycles. The van der Waals surface area contributed by atoms with Gasteiger partial charge in [0.2, 0.25) is 5.88 Å². The van der Waals surface area contributed by atoms with Gasteiger partial charge >= 0.3 is 0 Å². The summed E-state index contributed by atoms with van der Waals surface area (Å²) < 4.78 is 18.8. The van der Waals surface area contributed by atoms with E-state index in [0.29, 0.717) is 28.2 Å². The molecule has 0 amide bonds. The van der Waals surface area contributed by atoms with Crippen molar-refractivity contribution in [3.05, 3.63) is 35.6 Å². The Morgan fingerprint density at radius 2 is 2.06 bits per heavy atom. The number of benzene rings is 1. The molecule has 0 spiro atoms. The average molecular weight is 265 g/mol. The summed E-state index contributed by atoms with van der Waals surface area (Å²) >= 11 is 1.36. The molecule has 18 heavy (non-hydrogen) atoms. The minimum atomic E-state index is -0.320. The number of hydrogen-bond donors (Lipinski definition) is 1. The number of ether oxygens (including phenoxy) is 1. The smallest absolute Gasteiger partial charge is 0.225 e. The van der Waals surface area contributed by atoms with Crippen LogP contribution in [0.3, 0.4) is 0 Å². The van der Waals surface area contributed by atoms with Gasteiger partial charge in [-0.25, -0.2) is 9.37 Å². The zero-order chi connectivity index (χ0) is 13.1. The van der Waals surface area contributed by atoms with Crippen LogP contribution in [0.2, 0.25) is 0 Å². The molecule has 1 aromatic carbocycles. The summed E-state index contributed by atoms with van der Waals surface area (Å²) in [7, 11) is 0. The van der Waals surface area contributed by atoms with Gasteiger partial charge in [-0.15, -0.1) is 0 Å². The number of aromatic nitrogens is 2. The first kappa shape index (κ1) is 12.6. The van der Waals surface area contributed by atoms with E-state index < -0.39 is 0 Å². The van der Waals surface area contributed by atoms with Crippen molar-refractivity contribution in [1.82, 2.24) is 9.97 Å².